The van der Waals surface area contributed by atoms with Crippen molar-refractivity contribution in [3.8, 4) is 0 Å². The highest BCUT2D eigenvalue weighted by Gasteiger charge is 2.39. The lowest BCUT2D eigenvalue weighted by Gasteiger charge is -2.32. The summed E-state index contributed by atoms with van der Waals surface area (Å²) < 4.78 is 18.3. The first kappa shape index (κ1) is 20.4. The first-order valence-corrected chi connectivity index (χ1v) is 8.80. The number of aromatic nitrogens is 1. The topological polar surface area (TPSA) is 121 Å². The van der Waals surface area contributed by atoms with E-state index in [1.165, 1.54) is 37.3 Å². The number of hydrogen-bond donors (Lipinski definition) is 1. The summed E-state index contributed by atoms with van der Waals surface area (Å²) in [4.78, 5) is 20.2. The van der Waals surface area contributed by atoms with Crippen LogP contribution in [0.15, 0.2) is 38.9 Å². The fourth-order valence-corrected chi connectivity index (χ4v) is 2.78. The van der Waals surface area contributed by atoms with Gasteiger partial charge in [0.05, 0.1) is 19.0 Å². The molecule has 154 valence electrons. The zero-order valence-electron chi connectivity index (χ0n) is 16.5. The molecular formula is C18H21FN6O4. The Bertz CT molecular complexity index is 938. The lowest BCUT2D eigenvalue weighted by molar-refractivity contribution is 0.0123. The van der Waals surface area contributed by atoms with Crippen LogP contribution in [0, 0.1) is 5.82 Å². The number of ether oxygens (including phenoxy) is 1. The maximum Gasteiger partial charge on any atom is 0.506 e. The monoisotopic (exact) mass is 404 g/mol. The van der Waals surface area contributed by atoms with Crippen LogP contribution in [0.1, 0.15) is 39.7 Å². The Morgan fingerprint density at radius 2 is 2.14 bits per heavy atom. The molecule has 1 aromatic heterocycles. The van der Waals surface area contributed by atoms with Crippen molar-refractivity contribution >= 4 is 29.6 Å². The van der Waals surface area contributed by atoms with E-state index in [-0.39, 0.29) is 12.4 Å². The smallest absolute Gasteiger partial charge is 0.450 e. The van der Waals surface area contributed by atoms with E-state index in [0.717, 1.165) is 6.20 Å². The van der Waals surface area contributed by atoms with E-state index < -0.39 is 23.2 Å². The number of hydrogen-bond acceptors (Lipinski definition) is 9. The molecule has 0 aliphatic carbocycles. The Labute approximate surface area is 166 Å². The molecular weight excluding hydrogens is 383 g/mol. The summed E-state index contributed by atoms with van der Waals surface area (Å²) in [6.07, 6.45) is 3.00. The van der Waals surface area contributed by atoms with Crippen molar-refractivity contribution in [1.82, 2.24) is 9.99 Å². The Kier molecular flexibility index (Phi) is 5.31. The second kappa shape index (κ2) is 7.57. The number of oxime groups is 1. The van der Waals surface area contributed by atoms with E-state index >= 15 is 0 Å². The third-order valence-electron chi connectivity index (χ3n) is 4.09. The molecule has 0 saturated carbocycles. The lowest BCUT2D eigenvalue weighted by atomic mass is 9.99. The van der Waals surface area contributed by atoms with Crippen LogP contribution in [-0.4, -0.2) is 62.5 Å². The maximum absolute atomic E-state index is 13.4. The molecule has 0 unspecified atom stereocenters. The largest absolute Gasteiger partial charge is 0.506 e. The van der Waals surface area contributed by atoms with Crippen molar-refractivity contribution in [1.29, 1.82) is 0 Å². The van der Waals surface area contributed by atoms with Crippen LogP contribution in [0.3, 0.4) is 0 Å². The van der Waals surface area contributed by atoms with Crippen molar-refractivity contribution in [2.24, 2.45) is 20.5 Å². The fourth-order valence-electron chi connectivity index (χ4n) is 2.78. The van der Waals surface area contributed by atoms with Crippen LogP contribution < -0.4 is 0 Å². The molecule has 0 spiro atoms. The highest BCUT2D eigenvalue weighted by atomic mass is 19.1. The lowest BCUT2D eigenvalue weighted by Crippen LogP contribution is -2.49. The van der Waals surface area contributed by atoms with Crippen LogP contribution in [0.4, 0.5) is 9.18 Å². The Balaban J connectivity index is 1.91. The molecule has 0 aromatic carbocycles. The molecule has 2 aliphatic heterocycles. The zero-order valence-corrected chi connectivity index (χ0v) is 16.5. The van der Waals surface area contributed by atoms with Gasteiger partial charge >= 0.3 is 6.16 Å². The predicted molar refractivity (Wildman–Crippen MR) is 104 cm³/mol. The second-order valence-corrected chi connectivity index (χ2v) is 7.65. The van der Waals surface area contributed by atoms with E-state index in [4.69, 9.17) is 14.7 Å². The number of carboxylic acid groups (broad SMARTS) is 1. The van der Waals surface area contributed by atoms with Gasteiger partial charge in [-0.15, -0.1) is 10.2 Å². The summed E-state index contributed by atoms with van der Waals surface area (Å²) in [7, 11) is 0. The van der Waals surface area contributed by atoms with Gasteiger partial charge in [0.15, 0.2) is 11.4 Å². The molecule has 0 atom stereocenters. The minimum atomic E-state index is -1.46. The van der Waals surface area contributed by atoms with Crippen molar-refractivity contribution in [2.75, 3.05) is 6.54 Å². The molecule has 0 fully saturated rings. The minimum Gasteiger partial charge on any atom is -0.450 e. The van der Waals surface area contributed by atoms with Gasteiger partial charge in [0, 0.05) is 18.2 Å². The third kappa shape index (κ3) is 4.92. The first-order valence-electron chi connectivity index (χ1n) is 8.80. The van der Waals surface area contributed by atoms with Gasteiger partial charge in [-0.1, -0.05) is 5.16 Å². The van der Waals surface area contributed by atoms with Crippen molar-refractivity contribution in [3.05, 3.63) is 29.8 Å². The summed E-state index contributed by atoms with van der Waals surface area (Å²) in [5, 5.41) is 27.2. The second-order valence-electron chi connectivity index (χ2n) is 7.65. The molecule has 0 radical (unpaired) electrons. The van der Waals surface area contributed by atoms with Gasteiger partial charge in [0.1, 0.15) is 22.8 Å². The van der Waals surface area contributed by atoms with Gasteiger partial charge in [-0.3, -0.25) is 4.98 Å². The molecule has 0 saturated heterocycles. The van der Waals surface area contributed by atoms with E-state index in [1.54, 1.807) is 0 Å². The van der Waals surface area contributed by atoms with Crippen molar-refractivity contribution in [3.63, 3.8) is 0 Å². The van der Waals surface area contributed by atoms with Gasteiger partial charge in [0.2, 0.25) is 0 Å². The number of pyridine rings is 1. The Morgan fingerprint density at radius 1 is 1.38 bits per heavy atom. The van der Waals surface area contributed by atoms with Crippen molar-refractivity contribution in [2.45, 2.75) is 45.3 Å². The standard InChI is InChI=1S/C18H21FN6O4/c1-17(2)6-13(24-29-17)14-10-25(21-8-11-5-12(19)9-20-7-11)15(23-22-14)18(3,4)28-16(26)27/h5,7-9H,6,10H2,1-4H3,(H,26,27). The normalized spacial score (nSPS) is 18.8. The van der Waals surface area contributed by atoms with Crippen LogP contribution in [0.25, 0.3) is 0 Å². The average molecular weight is 404 g/mol. The molecule has 1 N–H and O–H groups in total. The predicted octanol–water partition coefficient (Wildman–Crippen LogP) is 2.65. The number of nitrogens with zero attached hydrogens (tertiary/aromatic N) is 6. The van der Waals surface area contributed by atoms with Crippen molar-refractivity contribution < 1.29 is 23.9 Å². The van der Waals surface area contributed by atoms with Gasteiger partial charge in [0.25, 0.3) is 0 Å². The number of carbonyl (C=O) groups is 1. The molecule has 2 aliphatic rings. The van der Waals surface area contributed by atoms with Gasteiger partial charge in [-0.25, -0.2) is 14.2 Å². The highest BCUT2D eigenvalue weighted by molar-refractivity contribution is 6.44. The summed E-state index contributed by atoms with van der Waals surface area (Å²) in [5.74, 6) is -0.332. The maximum atomic E-state index is 13.4. The zero-order chi connectivity index (χ0) is 21.2. The Morgan fingerprint density at radius 3 is 2.76 bits per heavy atom. The number of hydrazone groups is 1. The molecule has 0 amide bonds. The van der Waals surface area contributed by atoms with E-state index in [1.807, 2.05) is 13.8 Å². The van der Waals surface area contributed by atoms with E-state index in [9.17, 15) is 9.18 Å². The molecule has 3 rings (SSSR count). The molecule has 11 heteroatoms. The molecule has 29 heavy (non-hydrogen) atoms. The summed E-state index contributed by atoms with van der Waals surface area (Å²) in [6, 6.07) is 1.27. The van der Waals surface area contributed by atoms with Crippen LogP contribution in [-0.2, 0) is 9.57 Å². The summed E-state index contributed by atoms with van der Waals surface area (Å²) >= 11 is 0. The number of halogens is 1. The third-order valence-corrected chi connectivity index (χ3v) is 4.09. The van der Waals surface area contributed by atoms with Gasteiger partial charge in [-0.05, 0) is 33.8 Å². The minimum absolute atomic E-state index is 0.156. The Hall–Kier alpha value is -3.37. The molecule has 10 nitrogen and oxygen atoms in total. The first-order chi connectivity index (χ1) is 13.6. The van der Waals surface area contributed by atoms with Crippen LogP contribution >= 0.6 is 0 Å². The van der Waals surface area contributed by atoms with Crippen LogP contribution in [0.5, 0.6) is 0 Å². The van der Waals surface area contributed by atoms with Gasteiger partial charge < -0.3 is 14.7 Å². The fraction of sp³-hybridized carbons (Fsp3) is 0.444. The summed E-state index contributed by atoms with van der Waals surface area (Å²) in [6.45, 7) is 7.03. The molecule has 3 heterocycles. The highest BCUT2D eigenvalue weighted by Crippen LogP contribution is 2.25. The average Bonchev–Trinajstić information content (AvgIpc) is 2.98. The summed E-state index contributed by atoms with van der Waals surface area (Å²) in [5.41, 5.74) is -0.198. The van der Waals surface area contributed by atoms with Crippen LogP contribution in [0.2, 0.25) is 0 Å². The van der Waals surface area contributed by atoms with E-state index in [0.29, 0.717) is 23.4 Å². The van der Waals surface area contributed by atoms with E-state index in [2.05, 4.69) is 25.4 Å². The number of amidine groups is 1. The van der Waals surface area contributed by atoms with Gasteiger partial charge in [-0.2, -0.15) is 5.10 Å². The SMILES string of the molecule is CC1(C)CC(C2=NN=C(C(C)(C)OC(=O)O)N(N=Cc3cncc(F)c3)C2)=NO1. The molecule has 1 aromatic rings. The quantitative estimate of drug-likeness (QED) is 0.595. The molecule has 0 bridgehead atoms. The number of rotatable bonds is 5.